The molecule has 2 N–H and O–H groups in total. The lowest BCUT2D eigenvalue weighted by molar-refractivity contribution is -0.133. The second-order valence-corrected chi connectivity index (χ2v) is 4.44. The van der Waals surface area contributed by atoms with E-state index in [1.807, 2.05) is 19.1 Å². The van der Waals surface area contributed by atoms with Gasteiger partial charge in [-0.1, -0.05) is 12.1 Å². The first-order valence-corrected chi connectivity index (χ1v) is 5.74. The quantitative estimate of drug-likeness (QED) is 0.816. The van der Waals surface area contributed by atoms with E-state index in [0.29, 0.717) is 0 Å². The Hall–Kier alpha value is -2.36. The van der Waals surface area contributed by atoms with Crippen molar-refractivity contribution in [2.24, 2.45) is 0 Å². The van der Waals surface area contributed by atoms with Gasteiger partial charge >= 0.3 is 11.9 Å². The molecule has 1 rings (SSSR count). The van der Waals surface area contributed by atoms with Crippen molar-refractivity contribution in [2.45, 2.75) is 20.8 Å². The second-order valence-electron chi connectivity index (χ2n) is 4.44. The molecule has 0 fully saturated rings. The molecule has 4 heteroatoms. The van der Waals surface area contributed by atoms with Crippen LogP contribution in [0.4, 0.5) is 0 Å². The van der Waals surface area contributed by atoms with Crippen molar-refractivity contribution in [3.05, 3.63) is 46.0 Å². The van der Waals surface area contributed by atoms with Gasteiger partial charge in [0.1, 0.15) is 0 Å². The molecule has 0 aliphatic rings. The van der Waals surface area contributed by atoms with E-state index >= 15 is 0 Å². The normalized spacial score (nSPS) is 12.4. The fourth-order valence-corrected chi connectivity index (χ4v) is 1.63. The zero-order valence-electron chi connectivity index (χ0n) is 11.1. The first kappa shape index (κ1) is 14.7. The smallest absolute Gasteiger partial charge is 0.331 e. The number of hydrogen-bond donors (Lipinski definition) is 2. The Morgan fingerprint density at radius 1 is 0.895 bits per heavy atom. The first-order chi connectivity index (χ1) is 8.79. The average molecular weight is 260 g/mol. The van der Waals surface area contributed by atoms with Crippen LogP contribution in [0.2, 0.25) is 0 Å². The molecule has 4 nitrogen and oxygen atoms in total. The predicted octanol–water partition coefficient (Wildman–Crippen LogP) is 2.97. The van der Waals surface area contributed by atoms with Gasteiger partial charge in [0, 0.05) is 11.1 Å². The highest BCUT2D eigenvalue weighted by molar-refractivity contribution is 5.92. The summed E-state index contributed by atoms with van der Waals surface area (Å²) in [7, 11) is 0. The molecule has 0 atom stereocenters. The van der Waals surface area contributed by atoms with E-state index in [9.17, 15) is 9.59 Å². The number of hydrogen-bond acceptors (Lipinski definition) is 2. The molecule has 0 saturated carbocycles. The summed E-state index contributed by atoms with van der Waals surface area (Å²) in [4.78, 5) is 21.6. The van der Waals surface area contributed by atoms with Crippen LogP contribution in [0.15, 0.2) is 29.3 Å². The Kier molecular flexibility index (Phi) is 4.64. The van der Waals surface area contributed by atoms with Gasteiger partial charge in [-0.05, 0) is 55.7 Å². The SMILES string of the molecule is C/C(=C\c1cc(C)cc(/C=C(\C)C(=O)O)c1)C(=O)O. The van der Waals surface area contributed by atoms with Gasteiger partial charge in [-0.2, -0.15) is 0 Å². The van der Waals surface area contributed by atoms with Crippen molar-refractivity contribution in [3.63, 3.8) is 0 Å². The third-order valence-corrected chi connectivity index (χ3v) is 2.56. The highest BCUT2D eigenvalue weighted by Crippen LogP contribution is 2.16. The highest BCUT2D eigenvalue weighted by Gasteiger charge is 2.03. The fourth-order valence-electron chi connectivity index (χ4n) is 1.63. The van der Waals surface area contributed by atoms with Crippen molar-refractivity contribution in [1.82, 2.24) is 0 Å². The minimum Gasteiger partial charge on any atom is -0.478 e. The van der Waals surface area contributed by atoms with Crippen LogP contribution in [0.5, 0.6) is 0 Å². The molecule has 0 unspecified atom stereocenters. The van der Waals surface area contributed by atoms with Crippen molar-refractivity contribution in [2.75, 3.05) is 0 Å². The molecule has 0 bridgehead atoms. The van der Waals surface area contributed by atoms with Gasteiger partial charge in [0.05, 0.1) is 0 Å². The lowest BCUT2D eigenvalue weighted by Gasteiger charge is -2.03. The Morgan fingerprint density at radius 2 is 1.26 bits per heavy atom. The van der Waals surface area contributed by atoms with Gasteiger partial charge < -0.3 is 10.2 Å². The molecular formula is C15H16O4. The van der Waals surface area contributed by atoms with Crippen LogP contribution in [0.3, 0.4) is 0 Å². The summed E-state index contributed by atoms with van der Waals surface area (Å²) in [5, 5.41) is 17.7. The van der Waals surface area contributed by atoms with Crippen LogP contribution in [-0.2, 0) is 9.59 Å². The molecule has 0 aliphatic heterocycles. The summed E-state index contributed by atoms with van der Waals surface area (Å²) in [6.45, 7) is 4.91. The Labute approximate surface area is 111 Å². The minimum atomic E-state index is -0.972. The molecule has 0 amide bonds. The minimum absolute atomic E-state index is 0.232. The molecule has 0 saturated heterocycles. The monoisotopic (exact) mass is 260 g/mol. The largest absolute Gasteiger partial charge is 0.478 e. The topological polar surface area (TPSA) is 74.6 Å². The molecule has 0 spiro atoms. The van der Waals surface area contributed by atoms with Gasteiger partial charge in [0.15, 0.2) is 0 Å². The van der Waals surface area contributed by atoms with Crippen molar-refractivity contribution >= 4 is 24.1 Å². The summed E-state index contributed by atoms with van der Waals surface area (Å²) >= 11 is 0. The number of aryl methyl sites for hydroxylation is 1. The van der Waals surface area contributed by atoms with E-state index in [1.165, 1.54) is 13.8 Å². The van der Waals surface area contributed by atoms with Crippen molar-refractivity contribution in [3.8, 4) is 0 Å². The summed E-state index contributed by atoms with van der Waals surface area (Å²) in [6, 6.07) is 5.45. The molecule has 0 heterocycles. The van der Waals surface area contributed by atoms with E-state index in [-0.39, 0.29) is 11.1 Å². The number of aliphatic carboxylic acids is 2. The molecule has 0 aliphatic carbocycles. The summed E-state index contributed by atoms with van der Waals surface area (Å²) < 4.78 is 0. The van der Waals surface area contributed by atoms with E-state index in [1.54, 1.807) is 18.2 Å². The Balaban J connectivity index is 3.22. The molecule has 100 valence electrons. The Bertz CT molecular complexity index is 532. The van der Waals surface area contributed by atoms with E-state index < -0.39 is 11.9 Å². The highest BCUT2D eigenvalue weighted by atomic mass is 16.4. The van der Waals surface area contributed by atoms with Crippen LogP contribution in [0.25, 0.3) is 12.2 Å². The maximum absolute atomic E-state index is 10.8. The standard InChI is InChI=1S/C15H16O4/c1-9-4-12(6-10(2)14(16)17)8-13(5-9)7-11(3)15(18)19/h4-8H,1-3H3,(H,16,17)(H,18,19)/b10-6+,11-7+. The second kappa shape index (κ2) is 6.00. The average Bonchev–Trinajstić information content (AvgIpc) is 2.27. The number of benzene rings is 1. The first-order valence-electron chi connectivity index (χ1n) is 5.74. The lowest BCUT2D eigenvalue weighted by Crippen LogP contribution is -1.96. The van der Waals surface area contributed by atoms with E-state index in [4.69, 9.17) is 10.2 Å². The van der Waals surface area contributed by atoms with Crippen molar-refractivity contribution < 1.29 is 19.8 Å². The van der Waals surface area contributed by atoms with Crippen LogP contribution in [-0.4, -0.2) is 22.2 Å². The van der Waals surface area contributed by atoms with Crippen molar-refractivity contribution in [1.29, 1.82) is 0 Å². The zero-order chi connectivity index (χ0) is 14.6. The van der Waals surface area contributed by atoms with Gasteiger partial charge in [-0.25, -0.2) is 9.59 Å². The number of carboxylic acid groups (broad SMARTS) is 2. The van der Waals surface area contributed by atoms with Crippen LogP contribution < -0.4 is 0 Å². The number of carbonyl (C=O) groups is 2. The number of rotatable bonds is 4. The van der Waals surface area contributed by atoms with Crippen LogP contribution in [0.1, 0.15) is 30.5 Å². The van der Waals surface area contributed by atoms with E-state index in [0.717, 1.165) is 16.7 Å². The summed E-state index contributed by atoms with van der Waals surface area (Å²) in [5.74, 6) is -1.94. The third-order valence-electron chi connectivity index (χ3n) is 2.56. The van der Waals surface area contributed by atoms with Gasteiger partial charge in [-0.15, -0.1) is 0 Å². The molecular weight excluding hydrogens is 244 g/mol. The van der Waals surface area contributed by atoms with Gasteiger partial charge in [0.25, 0.3) is 0 Å². The third kappa shape index (κ3) is 4.43. The maximum Gasteiger partial charge on any atom is 0.331 e. The predicted molar refractivity (Wildman–Crippen MR) is 73.8 cm³/mol. The molecule has 1 aromatic carbocycles. The lowest BCUT2D eigenvalue weighted by atomic mass is 10.0. The summed E-state index contributed by atoms with van der Waals surface area (Å²) in [5.41, 5.74) is 2.89. The molecule has 0 radical (unpaired) electrons. The van der Waals surface area contributed by atoms with Gasteiger partial charge in [-0.3, -0.25) is 0 Å². The number of carboxylic acids is 2. The molecule has 0 aromatic heterocycles. The molecule has 1 aromatic rings. The maximum atomic E-state index is 10.8. The van der Waals surface area contributed by atoms with E-state index in [2.05, 4.69) is 0 Å². The van der Waals surface area contributed by atoms with Crippen LogP contribution >= 0.6 is 0 Å². The Morgan fingerprint density at radius 3 is 1.58 bits per heavy atom. The zero-order valence-corrected chi connectivity index (χ0v) is 11.1. The fraction of sp³-hybridized carbons (Fsp3) is 0.200. The van der Waals surface area contributed by atoms with Gasteiger partial charge in [0.2, 0.25) is 0 Å². The summed E-state index contributed by atoms with van der Waals surface area (Å²) in [6.07, 6.45) is 3.12. The van der Waals surface area contributed by atoms with Crippen LogP contribution in [0, 0.1) is 6.92 Å². The molecule has 19 heavy (non-hydrogen) atoms.